The Bertz CT molecular complexity index is 891. The van der Waals surface area contributed by atoms with Crippen molar-refractivity contribution >= 4 is 16.6 Å². The van der Waals surface area contributed by atoms with Gasteiger partial charge in [-0.3, -0.25) is 0 Å². The Morgan fingerprint density at radius 2 is 2.00 bits per heavy atom. The van der Waals surface area contributed by atoms with Crippen molar-refractivity contribution in [2.45, 2.75) is 6.42 Å². The van der Waals surface area contributed by atoms with E-state index >= 15 is 0 Å². The highest BCUT2D eigenvalue weighted by molar-refractivity contribution is 5.82. The summed E-state index contributed by atoms with van der Waals surface area (Å²) in [6, 6.07) is 16.3. The number of benzene rings is 1. The number of anilines is 1. The number of hydrogen-bond donors (Lipinski definition) is 0. The van der Waals surface area contributed by atoms with Crippen LogP contribution < -0.4 is 4.90 Å². The van der Waals surface area contributed by atoms with Crippen molar-refractivity contribution < 1.29 is 0 Å². The maximum Gasteiger partial charge on any atom is 0.142 e. The van der Waals surface area contributed by atoms with Gasteiger partial charge in [0, 0.05) is 42.0 Å². The van der Waals surface area contributed by atoms with E-state index in [1.165, 1.54) is 12.1 Å². The minimum absolute atomic E-state index is 0.395. The average molecular weight is 286 g/mol. The SMILES string of the molecule is N#Cc1cc2nc(-c3cccc(N4CCC4)c3)ccc2cn1. The van der Waals surface area contributed by atoms with E-state index in [1.54, 1.807) is 12.3 Å². The van der Waals surface area contributed by atoms with Gasteiger partial charge in [0.15, 0.2) is 0 Å². The van der Waals surface area contributed by atoms with Gasteiger partial charge in [-0.25, -0.2) is 9.97 Å². The summed E-state index contributed by atoms with van der Waals surface area (Å²) in [6.07, 6.45) is 2.96. The van der Waals surface area contributed by atoms with E-state index in [2.05, 4.69) is 45.2 Å². The molecule has 1 aliphatic heterocycles. The number of fused-ring (bicyclic) bond motifs is 1. The number of pyridine rings is 2. The smallest absolute Gasteiger partial charge is 0.142 e. The molecule has 3 aromatic rings. The molecule has 0 unspecified atom stereocenters. The van der Waals surface area contributed by atoms with Crippen LogP contribution in [0.15, 0.2) is 48.7 Å². The lowest BCUT2D eigenvalue weighted by molar-refractivity contribution is 0.618. The van der Waals surface area contributed by atoms with E-state index in [4.69, 9.17) is 5.26 Å². The molecule has 4 heteroatoms. The van der Waals surface area contributed by atoms with Crippen molar-refractivity contribution in [1.29, 1.82) is 5.26 Å². The molecule has 0 amide bonds. The van der Waals surface area contributed by atoms with Crippen LogP contribution in [0.5, 0.6) is 0 Å². The first-order chi connectivity index (χ1) is 10.8. The van der Waals surface area contributed by atoms with Gasteiger partial charge in [0.1, 0.15) is 11.8 Å². The van der Waals surface area contributed by atoms with Crippen LogP contribution in [0.1, 0.15) is 12.1 Å². The second-order valence-corrected chi connectivity index (χ2v) is 5.46. The van der Waals surface area contributed by atoms with E-state index in [9.17, 15) is 0 Å². The summed E-state index contributed by atoms with van der Waals surface area (Å²) in [5.74, 6) is 0. The Morgan fingerprint density at radius 1 is 1.09 bits per heavy atom. The normalized spacial score (nSPS) is 13.7. The Morgan fingerprint density at radius 3 is 2.77 bits per heavy atom. The van der Waals surface area contributed by atoms with E-state index in [-0.39, 0.29) is 0 Å². The van der Waals surface area contributed by atoms with Crippen LogP contribution in [0.2, 0.25) is 0 Å². The molecule has 4 nitrogen and oxygen atoms in total. The first kappa shape index (κ1) is 12.8. The van der Waals surface area contributed by atoms with E-state index in [0.29, 0.717) is 5.69 Å². The first-order valence-electron chi connectivity index (χ1n) is 7.36. The van der Waals surface area contributed by atoms with Gasteiger partial charge in [0.25, 0.3) is 0 Å². The monoisotopic (exact) mass is 286 g/mol. The van der Waals surface area contributed by atoms with Crippen LogP contribution in [-0.2, 0) is 0 Å². The zero-order valence-electron chi connectivity index (χ0n) is 12.0. The molecule has 1 fully saturated rings. The molecule has 1 aliphatic rings. The molecule has 0 bridgehead atoms. The molecule has 1 aromatic carbocycles. The molecule has 4 rings (SSSR count). The zero-order valence-corrected chi connectivity index (χ0v) is 12.0. The second kappa shape index (κ2) is 5.12. The van der Waals surface area contributed by atoms with Crippen LogP contribution in [-0.4, -0.2) is 23.1 Å². The standard InChI is InChI=1S/C18H14N4/c19-11-15-10-18-14(12-20-15)5-6-17(21-18)13-3-1-4-16(9-13)22-7-2-8-22/h1,3-6,9-10,12H,2,7-8H2. The summed E-state index contributed by atoms with van der Waals surface area (Å²) < 4.78 is 0. The van der Waals surface area contributed by atoms with Gasteiger partial charge in [-0.2, -0.15) is 5.26 Å². The fourth-order valence-corrected chi connectivity index (χ4v) is 2.67. The number of nitriles is 1. The van der Waals surface area contributed by atoms with Crippen molar-refractivity contribution in [2.24, 2.45) is 0 Å². The van der Waals surface area contributed by atoms with Crippen molar-refractivity contribution in [3.05, 3.63) is 54.4 Å². The fraction of sp³-hybridized carbons (Fsp3) is 0.167. The van der Waals surface area contributed by atoms with Crippen LogP contribution in [0.4, 0.5) is 5.69 Å². The van der Waals surface area contributed by atoms with Gasteiger partial charge < -0.3 is 4.90 Å². The summed E-state index contributed by atoms with van der Waals surface area (Å²) in [7, 11) is 0. The molecule has 0 radical (unpaired) electrons. The van der Waals surface area contributed by atoms with Gasteiger partial charge in [-0.1, -0.05) is 12.1 Å². The molecule has 0 N–H and O–H groups in total. The molecule has 0 spiro atoms. The lowest BCUT2D eigenvalue weighted by Crippen LogP contribution is -2.36. The van der Waals surface area contributed by atoms with Crippen molar-refractivity contribution in [3.63, 3.8) is 0 Å². The summed E-state index contributed by atoms with van der Waals surface area (Å²) >= 11 is 0. The topological polar surface area (TPSA) is 52.8 Å². The van der Waals surface area contributed by atoms with Crippen molar-refractivity contribution in [2.75, 3.05) is 18.0 Å². The van der Waals surface area contributed by atoms with Gasteiger partial charge in [0.05, 0.1) is 11.2 Å². The van der Waals surface area contributed by atoms with E-state index in [0.717, 1.165) is 35.2 Å². The molecule has 22 heavy (non-hydrogen) atoms. The van der Waals surface area contributed by atoms with Gasteiger partial charge in [0.2, 0.25) is 0 Å². The minimum Gasteiger partial charge on any atom is -0.371 e. The van der Waals surface area contributed by atoms with Gasteiger partial charge >= 0.3 is 0 Å². The third kappa shape index (κ3) is 2.17. The van der Waals surface area contributed by atoms with E-state index < -0.39 is 0 Å². The molecule has 0 aliphatic carbocycles. The molecule has 1 saturated heterocycles. The maximum absolute atomic E-state index is 8.97. The van der Waals surface area contributed by atoms with Crippen LogP contribution >= 0.6 is 0 Å². The summed E-state index contributed by atoms with van der Waals surface area (Å²) in [6.45, 7) is 2.26. The quantitative estimate of drug-likeness (QED) is 0.724. The average Bonchev–Trinajstić information content (AvgIpc) is 2.52. The van der Waals surface area contributed by atoms with Crippen molar-refractivity contribution in [3.8, 4) is 17.3 Å². The van der Waals surface area contributed by atoms with Gasteiger partial charge in [-0.15, -0.1) is 0 Å². The molecule has 0 atom stereocenters. The van der Waals surface area contributed by atoms with Crippen LogP contribution in [0, 0.1) is 11.3 Å². The molecule has 0 saturated carbocycles. The third-order valence-corrected chi connectivity index (χ3v) is 4.05. The number of hydrogen-bond acceptors (Lipinski definition) is 4. The van der Waals surface area contributed by atoms with Crippen LogP contribution in [0.3, 0.4) is 0 Å². The molecular weight excluding hydrogens is 272 g/mol. The van der Waals surface area contributed by atoms with Crippen molar-refractivity contribution in [1.82, 2.24) is 9.97 Å². The van der Waals surface area contributed by atoms with E-state index in [1.807, 2.05) is 12.1 Å². The highest BCUT2D eigenvalue weighted by Gasteiger charge is 2.14. The van der Waals surface area contributed by atoms with Gasteiger partial charge in [-0.05, 0) is 30.7 Å². The lowest BCUT2D eigenvalue weighted by atomic mass is 10.1. The maximum atomic E-state index is 8.97. The predicted molar refractivity (Wildman–Crippen MR) is 86.5 cm³/mol. The zero-order chi connectivity index (χ0) is 14.9. The van der Waals surface area contributed by atoms with Crippen LogP contribution in [0.25, 0.3) is 22.2 Å². The molecule has 2 aromatic heterocycles. The molecular formula is C18H14N4. The Hall–Kier alpha value is -2.93. The number of rotatable bonds is 2. The highest BCUT2D eigenvalue weighted by atomic mass is 15.2. The largest absolute Gasteiger partial charge is 0.371 e. The summed E-state index contributed by atoms with van der Waals surface area (Å²) in [5, 5.41) is 9.91. The molecule has 106 valence electrons. The minimum atomic E-state index is 0.395. The highest BCUT2D eigenvalue weighted by Crippen LogP contribution is 2.27. The Balaban J connectivity index is 1.78. The summed E-state index contributed by atoms with van der Waals surface area (Å²) in [5.41, 5.74) is 4.47. The number of aromatic nitrogens is 2. The first-order valence-corrected chi connectivity index (χ1v) is 7.36. The Labute approximate surface area is 128 Å². The lowest BCUT2D eigenvalue weighted by Gasteiger charge is -2.33. The summed E-state index contributed by atoms with van der Waals surface area (Å²) in [4.78, 5) is 11.1. The fourth-order valence-electron chi connectivity index (χ4n) is 2.67. The number of nitrogens with zero attached hydrogens (tertiary/aromatic N) is 4. The second-order valence-electron chi connectivity index (χ2n) is 5.46. The predicted octanol–water partition coefficient (Wildman–Crippen LogP) is 3.38. The third-order valence-electron chi connectivity index (χ3n) is 4.05. The Kier molecular flexibility index (Phi) is 2.97. The molecule has 3 heterocycles.